The minimum Gasteiger partial charge on any atom is -0.496 e. The monoisotopic (exact) mass is 995 g/mol. The van der Waals surface area contributed by atoms with Crippen molar-refractivity contribution >= 4 is 77.2 Å². The van der Waals surface area contributed by atoms with Gasteiger partial charge in [0.25, 0.3) is 10.4 Å². The van der Waals surface area contributed by atoms with E-state index in [-0.39, 0.29) is 6.61 Å². The summed E-state index contributed by atoms with van der Waals surface area (Å²) in [5, 5.41) is 27.0. The minimum atomic E-state index is 0.240. The van der Waals surface area contributed by atoms with Gasteiger partial charge in [-0.05, 0) is 78.0 Å². The molecule has 1 fully saturated rings. The molecule has 346 valence electrons. The Morgan fingerprint density at radius 1 is 0.696 bits per heavy atom. The standard InChI is InChI=1S/C48H37N9O8S4/c1-58-31-11-37(33-15-41(64-39(33)13-31)35-18-56-45(52-35)68-47(54-56)60-3)61-21-29-23-66-43(50-29)8-7-26-10-28(26)20-63-48-55-57-19-36(53-46(57)69-48)42-16-34-38(12-32(59-2)14-40(34)65-42)62-22-30-24-67-44(51-30)27-6-4-5-25(9-27)17-49/h4-6,9,11-16,18-19,23-24,26,28H,7-8,10,20-22H2,1-3H3. The largest absolute Gasteiger partial charge is 0.496 e. The molecule has 0 bridgehead atoms. The molecule has 2 atom stereocenters. The molecular weight excluding hydrogens is 959 g/mol. The predicted molar refractivity (Wildman–Crippen MR) is 260 cm³/mol. The van der Waals surface area contributed by atoms with Crippen LogP contribution in [0.15, 0.2) is 92.7 Å². The predicted octanol–water partition coefficient (Wildman–Crippen LogP) is 11.0. The Balaban J connectivity index is 0.635. The molecule has 3 aromatic carbocycles. The molecule has 1 aliphatic rings. The molecule has 0 radical (unpaired) electrons. The topological polar surface area (TPSA) is 192 Å². The number of ether oxygens (including phenoxy) is 6. The molecule has 0 saturated heterocycles. The van der Waals surface area contributed by atoms with E-state index in [1.165, 1.54) is 34.0 Å². The molecule has 8 heterocycles. The van der Waals surface area contributed by atoms with E-state index in [0.29, 0.717) is 108 Å². The summed E-state index contributed by atoms with van der Waals surface area (Å²) in [4.78, 5) is 20.5. The number of benzene rings is 3. The van der Waals surface area contributed by atoms with Crippen LogP contribution in [0.2, 0.25) is 0 Å². The van der Waals surface area contributed by atoms with Gasteiger partial charge in [0.05, 0.1) is 79.1 Å². The smallest absolute Gasteiger partial charge is 0.294 e. The van der Waals surface area contributed by atoms with E-state index < -0.39 is 0 Å². The van der Waals surface area contributed by atoms with Crippen molar-refractivity contribution < 1.29 is 37.3 Å². The molecule has 0 spiro atoms. The van der Waals surface area contributed by atoms with Gasteiger partial charge in [-0.3, -0.25) is 0 Å². The first-order valence-electron chi connectivity index (χ1n) is 21.6. The van der Waals surface area contributed by atoms with Gasteiger partial charge in [-0.2, -0.15) is 5.26 Å². The Kier molecular flexibility index (Phi) is 11.1. The highest BCUT2D eigenvalue weighted by atomic mass is 32.1. The van der Waals surface area contributed by atoms with Crippen LogP contribution in [0.1, 0.15) is 34.8 Å². The molecule has 21 heteroatoms. The number of hydrogen-bond donors (Lipinski definition) is 0. The average Bonchev–Trinajstić information content (AvgIpc) is 4.19. The number of nitriles is 1. The van der Waals surface area contributed by atoms with E-state index in [1.807, 2.05) is 72.4 Å². The maximum absolute atomic E-state index is 9.30. The van der Waals surface area contributed by atoms with Gasteiger partial charge in [0, 0.05) is 40.6 Å². The van der Waals surface area contributed by atoms with Crippen molar-refractivity contribution in [2.45, 2.75) is 32.5 Å². The van der Waals surface area contributed by atoms with E-state index in [1.54, 1.807) is 47.8 Å². The molecule has 8 aromatic heterocycles. The minimum absolute atomic E-state index is 0.240. The quantitative estimate of drug-likeness (QED) is 0.0788. The number of aromatic nitrogens is 8. The molecule has 0 aliphatic heterocycles. The molecule has 11 aromatic rings. The lowest BCUT2D eigenvalue weighted by Gasteiger charge is -2.08. The summed E-state index contributed by atoms with van der Waals surface area (Å²) in [7, 11) is 4.80. The lowest BCUT2D eigenvalue weighted by Crippen LogP contribution is -2.02. The van der Waals surface area contributed by atoms with Crippen molar-refractivity contribution in [3.05, 3.63) is 106 Å². The van der Waals surface area contributed by atoms with Gasteiger partial charge in [0.1, 0.15) is 63.8 Å². The summed E-state index contributed by atoms with van der Waals surface area (Å²) in [6, 6.07) is 20.8. The van der Waals surface area contributed by atoms with Crippen LogP contribution >= 0.6 is 45.3 Å². The molecule has 2 unspecified atom stereocenters. The van der Waals surface area contributed by atoms with Crippen LogP contribution < -0.4 is 28.4 Å². The number of hydrogen-bond acceptors (Lipinski definition) is 19. The average molecular weight is 996 g/mol. The lowest BCUT2D eigenvalue weighted by atomic mass is 10.1. The molecule has 1 aliphatic carbocycles. The number of nitrogens with zero attached hydrogens (tertiary/aromatic N) is 9. The lowest BCUT2D eigenvalue weighted by molar-refractivity contribution is 0.285. The Labute approximate surface area is 407 Å². The normalized spacial score (nSPS) is 14.5. The number of rotatable bonds is 18. The molecule has 1 saturated carbocycles. The highest BCUT2D eigenvalue weighted by Gasteiger charge is 2.37. The highest BCUT2D eigenvalue weighted by Crippen LogP contribution is 2.44. The summed E-state index contributed by atoms with van der Waals surface area (Å²) in [5.74, 6) is 4.67. The van der Waals surface area contributed by atoms with Crippen LogP contribution in [0.3, 0.4) is 0 Å². The van der Waals surface area contributed by atoms with Crippen molar-refractivity contribution in [1.82, 2.24) is 39.2 Å². The second-order valence-electron chi connectivity index (χ2n) is 16.2. The Bertz CT molecular complexity index is 3660. The van der Waals surface area contributed by atoms with E-state index in [2.05, 4.69) is 26.6 Å². The van der Waals surface area contributed by atoms with Gasteiger partial charge >= 0.3 is 0 Å². The fraction of sp³-hybridized carbons (Fsp3) is 0.229. The third-order valence-corrected chi connectivity index (χ3v) is 15.3. The van der Waals surface area contributed by atoms with Crippen molar-refractivity contribution in [2.75, 3.05) is 27.9 Å². The molecule has 17 nitrogen and oxygen atoms in total. The first-order chi connectivity index (χ1) is 33.8. The number of fused-ring (bicyclic) bond motifs is 4. The van der Waals surface area contributed by atoms with Gasteiger partial charge in [-0.15, -0.1) is 32.9 Å². The third-order valence-electron chi connectivity index (χ3n) is 11.7. The van der Waals surface area contributed by atoms with Gasteiger partial charge in [0.2, 0.25) is 9.92 Å². The number of methoxy groups -OCH3 is 3. The summed E-state index contributed by atoms with van der Waals surface area (Å²) in [6.07, 6.45) is 6.69. The number of furan rings is 2. The third kappa shape index (κ3) is 8.67. The van der Waals surface area contributed by atoms with Crippen molar-refractivity contribution in [3.63, 3.8) is 0 Å². The van der Waals surface area contributed by atoms with Crippen molar-refractivity contribution in [2.24, 2.45) is 11.8 Å². The molecule has 0 N–H and O–H groups in total. The highest BCUT2D eigenvalue weighted by molar-refractivity contribution is 7.18. The van der Waals surface area contributed by atoms with Crippen molar-refractivity contribution in [1.29, 1.82) is 5.26 Å². The van der Waals surface area contributed by atoms with Gasteiger partial charge in [0.15, 0.2) is 11.5 Å². The summed E-state index contributed by atoms with van der Waals surface area (Å²) in [6.45, 7) is 1.15. The van der Waals surface area contributed by atoms with Gasteiger partial charge < -0.3 is 37.3 Å². The second kappa shape index (κ2) is 17.9. The van der Waals surface area contributed by atoms with E-state index in [0.717, 1.165) is 57.0 Å². The number of aryl methyl sites for hydroxylation is 1. The molecular formula is C48H37N9O8S4. The SMILES string of the molecule is COc1cc(OCc2csc(CCC3CC3COc3nn4cc(-c5cc6c(OCc7csc(-c8cccc(C#N)c8)n7)cc(OC)cc6o5)nc4s3)n2)c2cc(-c3cn4nc(OC)sc4n3)oc2c1. The zero-order chi connectivity index (χ0) is 46.6. The van der Waals surface area contributed by atoms with Crippen LogP contribution in [-0.2, 0) is 19.6 Å². The summed E-state index contributed by atoms with van der Waals surface area (Å²) in [5.41, 5.74) is 5.65. The number of imidazole rings is 2. The number of thiazole rings is 2. The summed E-state index contributed by atoms with van der Waals surface area (Å²) < 4.78 is 51.0. The fourth-order valence-corrected chi connectivity index (χ4v) is 11.1. The fourth-order valence-electron chi connectivity index (χ4n) is 8.05. The van der Waals surface area contributed by atoms with Crippen molar-refractivity contribution in [3.8, 4) is 72.9 Å². The molecule has 12 rings (SSSR count). The molecule has 69 heavy (non-hydrogen) atoms. The van der Waals surface area contributed by atoms with Gasteiger partial charge in [-0.1, -0.05) is 12.1 Å². The second-order valence-corrected chi connectivity index (χ2v) is 19.8. The Hall–Kier alpha value is -7.51. The zero-order valence-corrected chi connectivity index (χ0v) is 40.2. The van der Waals surface area contributed by atoms with E-state index in [4.69, 9.17) is 52.2 Å². The van der Waals surface area contributed by atoms with Crippen LogP contribution in [0.4, 0.5) is 0 Å². The van der Waals surface area contributed by atoms with Crippen LogP contribution in [0, 0.1) is 23.2 Å². The van der Waals surface area contributed by atoms with Crippen LogP contribution in [0.5, 0.6) is 33.4 Å². The zero-order valence-electron chi connectivity index (χ0n) is 36.9. The van der Waals surface area contributed by atoms with Crippen LogP contribution in [-0.4, -0.2) is 67.1 Å². The van der Waals surface area contributed by atoms with Crippen LogP contribution in [0.25, 0.3) is 65.3 Å². The van der Waals surface area contributed by atoms with Gasteiger partial charge in [-0.25, -0.2) is 29.0 Å². The Morgan fingerprint density at radius 2 is 1.33 bits per heavy atom. The van der Waals surface area contributed by atoms with E-state index in [9.17, 15) is 5.26 Å². The van der Waals surface area contributed by atoms with E-state index >= 15 is 0 Å². The first kappa shape index (κ1) is 42.8. The maximum Gasteiger partial charge on any atom is 0.294 e. The summed E-state index contributed by atoms with van der Waals surface area (Å²) >= 11 is 5.91. The Morgan fingerprint density at radius 3 is 1.97 bits per heavy atom. The first-order valence-corrected chi connectivity index (χ1v) is 25.0. The molecule has 0 amide bonds. The maximum atomic E-state index is 9.30.